The van der Waals surface area contributed by atoms with Gasteiger partial charge in [-0.1, -0.05) is 51.1 Å². The maximum atomic E-state index is 12.7. The van der Waals surface area contributed by atoms with E-state index in [1.54, 1.807) is 51.1 Å². The molecular weight excluding hydrogens is 298 g/mol. The first-order chi connectivity index (χ1) is 10.6. The smallest absolute Gasteiger partial charge is 0.290 e. The highest BCUT2D eigenvalue weighted by molar-refractivity contribution is 6.11. The lowest BCUT2D eigenvalue weighted by Gasteiger charge is -2.29. The van der Waals surface area contributed by atoms with Crippen molar-refractivity contribution >= 4 is 17.7 Å². The van der Waals surface area contributed by atoms with Crippen molar-refractivity contribution in [2.75, 3.05) is 6.54 Å². The van der Waals surface area contributed by atoms with Crippen LogP contribution in [0.25, 0.3) is 0 Å². The number of rotatable bonds is 4. The second-order valence-electron chi connectivity index (χ2n) is 6.46. The standard InChI is InChI=1S/C17H19NO5/c1-17(2,3)15(22)12-13(10-7-5-4-6-8-10)18(9-11(19)20)16(23)14(12)21/h4-8,13,21H,9H2,1-3H3,(H,19,20)/p-1. The second kappa shape index (κ2) is 5.87. The fraction of sp³-hybridized carbons (Fsp3) is 0.353. The van der Waals surface area contributed by atoms with Gasteiger partial charge in [-0.25, -0.2) is 0 Å². The molecule has 1 aliphatic heterocycles. The average Bonchev–Trinajstić information content (AvgIpc) is 2.70. The number of carbonyl (C=O) groups excluding carboxylic acids is 3. The molecule has 1 heterocycles. The van der Waals surface area contributed by atoms with Crippen molar-refractivity contribution in [3.8, 4) is 0 Å². The molecule has 0 aromatic heterocycles. The van der Waals surface area contributed by atoms with Crippen LogP contribution in [0, 0.1) is 5.41 Å². The number of carboxylic acids is 1. The highest BCUT2D eigenvalue weighted by atomic mass is 16.4. The molecule has 2 rings (SSSR count). The van der Waals surface area contributed by atoms with E-state index in [1.807, 2.05) is 0 Å². The van der Waals surface area contributed by atoms with Gasteiger partial charge in [0.05, 0.1) is 24.1 Å². The molecule has 0 radical (unpaired) electrons. The number of hydrogen-bond acceptors (Lipinski definition) is 5. The summed E-state index contributed by atoms with van der Waals surface area (Å²) in [7, 11) is 0. The van der Waals surface area contributed by atoms with Gasteiger partial charge >= 0.3 is 0 Å². The van der Waals surface area contributed by atoms with Crippen LogP contribution in [0.5, 0.6) is 0 Å². The highest BCUT2D eigenvalue weighted by Gasteiger charge is 2.45. The molecule has 0 saturated carbocycles. The Morgan fingerprint density at radius 1 is 1.22 bits per heavy atom. The number of aliphatic hydroxyl groups is 1. The SMILES string of the molecule is CC(C)(C)C(=O)C1=C(O)C(=O)N(CC(=O)[O-])C1c1ccccc1. The number of aliphatic carboxylic acids is 1. The van der Waals surface area contributed by atoms with Crippen LogP contribution >= 0.6 is 0 Å². The average molecular weight is 316 g/mol. The quantitative estimate of drug-likeness (QED) is 0.884. The van der Waals surface area contributed by atoms with Gasteiger partial charge in [-0.3, -0.25) is 9.59 Å². The molecule has 0 spiro atoms. The third-order valence-electron chi connectivity index (χ3n) is 3.64. The molecule has 1 atom stereocenters. The van der Waals surface area contributed by atoms with E-state index in [2.05, 4.69) is 0 Å². The Bertz CT molecular complexity index is 685. The Morgan fingerprint density at radius 2 is 1.78 bits per heavy atom. The number of hydrogen-bond donors (Lipinski definition) is 1. The van der Waals surface area contributed by atoms with Crippen LogP contribution in [0.3, 0.4) is 0 Å². The normalized spacial score (nSPS) is 18.5. The van der Waals surface area contributed by atoms with E-state index in [0.717, 1.165) is 4.90 Å². The van der Waals surface area contributed by atoms with Crippen molar-refractivity contribution in [2.24, 2.45) is 5.41 Å². The van der Waals surface area contributed by atoms with Gasteiger partial charge in [-0.15, -0.1) is 0 Å². The Hall–Kier alpha value is -2.63. The number of carbonyl (C=O) groups is 3. The van der Waals surface area contributed by atoms with Gasteiger partial charge in [-0.2, -0.15) is 0 Å². The monoisotopic (exact) mass is 316 g/mol. The lowest BCUT2D eigenvalue weighted by atomic mass is 9.82. The summed E-state index contributed by atoms with van der Waals surface area (Å²) in [4.78, 5) is 36.8. The molecule has 1 aliphatic rings. The van der Waals surface area contributed by atoms with E-state index in [1.165, 1.54) is 0 Å². The number of ketones is 1. The van der Waals surface area contributed by atoms with E-state index in [9.17, 15) is 24.6 Å². The van der Waals surface area contributed by atoms with Gasteiger partial charge in [0.15, 0.2) is 11.5 Å². The molecule has 0 saturated heterocycles. The number of Topliss-reactive ketones (excluding diaryl/α,β-unsaturated/α-hetero) is 1. The summed E-state index contributed by atoms with van der Waals surface area (Å²) >= 11 is 0. The van der Waals surface area contributed by atoms with Gasteiger partial charge in [-0.05, 0) is 5.56 Å². The van der Waals surface area contributed by atoms with Crippen LogP contribution in [-0.2, 0) is 14.4 Å². The predicted molar refractivity (Wildman–Crippen MR) is 80.0 cm³/mol. The predicted octanol–water partition coefficient (Wildman–Crippen LogP) is 0.747. The number of aliphatic hydroxyl groups excluding tert-OH is 1. The summed E-state index contributed by atoms with van der Waals surface area (Å²) in [6.07, 6.45) is 0. The van der Waals surface area contributed by atoms with Crippen LogP contribution in [0.15, 0.2) is 41.7 Å². The van der Waals surface area contributed by atoms with E-state index < -0.39 is 41.4 Å². The lowest BCUT2D eigenvalue weighted by Crippen LogP contribution is -2.41. The van der Waals surface area contributed by atoms with Gasteiger partial charge < -0.3 is 19.9 Å². The molecule has 0 fully saturated rings. The van der Waals surface area contributed by atoms with Crippen molar-refractivity contribution in [1.29, 1.82) is 0 Å². The third kappa shape index (κ3) is 3.11. The minimum absolute atomic E-state index is 0.0741. The van der Waals surface area contributed by atoms with Crippen molar-refractivity contribution in [3.05, 3.63) is 47.2 Å². The fourth-order valence-corrected chi connectivity index (χ4v) is 2.57. The van der Waals surface area contributed by atoms with Crippen LogP contribution in [0.4, 0.5) is 0 Å². The molecule has 1 amide bonds. The zero-order valence-corrected chi connectivity index (χ0v) is 13.2. The van der Waals surface area contributed by atoms with Crippen molar-refractivity contribution in [1.82, 2.24) is 4.90 Å². The van der Waals surface area contributed by atoms with Gasteiger partial charge in [0.25, 0.3) is 5.91 Å². The summed E-state index contributed by atoms with van der Waals surface area (Å²) in [5.41, 5.74) is -0.345. The zero-order chi connectivity index (χ0) is 17.4. The second-order valence-corrected chi connectivity index (χ2v) is 6.46. The lowest BCUT2D eigenvalue weighted by molar-refractivity contribution is -0.306. The first-order valence-electron chi connectivity index (χ1n) is 7.18. The molecule has 1 aromatic rings. The van der Waals surface area contributed by atoms with Crippen LogP contribution in [0.2, 0.25) is 0 Å². The molecule has 6 heteroatoms. The van der Waals surface area contributed by atoms with Crippen LogP contribution in [-0.4, -0.2) is 34.2 Å². The van der Waals surface area contributed by atoms with Crippen molar-refractivity contribution in [2.45, 2.75) is 26.8 Å². The summed E-state index contributed by atoms with van der Waals surface area (Å²) in [6.45, 7) is 4.31. The van der Waals surface area contributed by atoms with E-state index in [-0.39, 0.29) is 5.57 Å². The van der Waals surface area contributed by atoms with Gasteiger partial charge in [0.2, 0.25) is 0 Å². The fourth-order valence-electron chi connectivity index (χ4n) is 2.57. The maximum Gasteiger partial charge on any atom is 0.290 e. The van der Waals surface area contributed by atoms with E-state index in [0.29, 0.717) is 5.56 Å². The minimum Gasteiger partial charge on any atom is -0.548 e. The first-order valence-corrected chi connectivity index (χ1v) is 7.18. The van der Waals surface area contributed by atoms with E-state index in [4.69, 9.17) is 0 Å². The number of carboxylic acid groups (broad SMARTS) is 1. The first kappa shape index (κ1) is 16.7. The van der Waals surface area contributed by atoms with Gasteiger partial charge in [0.1, 0.15) is 0 Å². The summed E-state index contributed by atoms with van der Waals surface area (Å²) in [6, 6.07) is 7.60. The van der Waals surface area contributed by atoms with Crippen molar-refractivity contribution in [3.63, 3.8) is 0 Å². The Morgan fingerprint density at radius 3 is 2.26 bits per heavy atom. The molecular formula is C17H18NO5-. The summed E-state index contributed by atoms with van der Waals surface area (Å²) in [5.74, 6) is -3.44. The largest absolute Gasteiger partial charge is 0.548 e. The van der Waals surface area contributed by atoms with Crippen molar-refractivity contribution < 1.29 is 24.6 Å². The molecule has 6 nitrogen and oxygen atoms in total. The van der Waals surface area contributed by atoms with E-state index >= 15 is 0 Å². The Labute approximate surface area is 134 Å². The molecule has 122 valence electrons. The molecule has 1 aromatic carbocycles. The summed E-state index contributed by atoms with van der Waals surface area (Å²) in [5, 5.41) is 21.1. The zero-order valence-electron chi connectivity index (χ0n) is 13.2. The minimum atomic E-state index is -1.46. The number of benzene rings is 1. The number of amides is 1. The molecule has 1 N–H and O–H groups in total. The van der Waals surface area contributed by atoms with Gasteiger partial charge in [0, 0.05) is 5.41 Å². The highest BCUT2D eigenvalue weighted by Crippen LogP contribution is 2.40. The van der Waals surface area contributed by atoms with Crippen LogP contribution < -0.4 is 5.11 Å². The number of nitrogens with zero attached hydrogens (tertiary/aromatic N) is 1. The molecule has 0 aliphatic carbocycles. The topological polar surface area (TPSA) is 97.7 Å². The third-order valence-corrected chi connectivity index (χ3v) is 3.64. The Kier molecular flexibility index (Phi) is 4.27. The molecule has 1 unspecified atom stereocenters. The van der Waals surface area contributed by atoms with Crippen LogP contribution in [0.1, 0.15) is 32.4 Å². The summed E-state index contributed by atoms with van der Waals surface area (Å²) < 4.78 is 0. The maximum absolute atomic E-state index is 12.7. The molecule has 23 heavy (non-hydrogen) atoms. The molecule has 0 bridgehead atoms. The Balaban J connectivity index is 2.59.